The quantitative estimate of drug-likeness (QED) is 0.863. The Morgan fingerprint density at radius 1 is 1.56 bits per heavy atom. The van der Waals surface area contributed by atoms with E-state index in [-0.39, 0.29) is 16.8 Å². The van der Waals surface area contributed by atoms with Crippen LogP contribution in [0, 0.1) is 0 Å². The van der Waals surface area contributed by atoms with E-state index in [0.717, 1.165) is 0 Å². The number of alkyl halides is 3. The van der Waals surface area contributed by atoms with E-state index in [1.165, 1.54) is 6.07 Å². The highest BCUT2D eigenvalue weighted by Crippen LogP contribution is 2.32. The average Bonchev–Trinajstić information content (AvgIpc) is 2.23. The number of aromatic nitrogens is 1. The molecule has 0 fully saturated rings. The van der Waals surface area contributed by atoms with Gasteiger partial charge in [0.1, 0.15) is 16.0 Å². The van der Waals surface area contributed by atoms with E-state index in [2.05, 4.69) is 20.9 Å². The zero-order chi connectivity index (χ0) is 13.9. The predicted octanol–water partition coefficient (Wildman–Crippen LogP) is 3.10. The fourth-order valence-corrected chi connectivity index (χ4v) is 1.58. The number of carboxylic acid groups (broad SMARTS) is 1. The van der Waals surface area contributed by atoms with Gasteiger partial charge in [-0.15, -0.1) is 0 Å². The molecule has 1 unspecified atom stereocenters. The molecule has 0 aliphatic rings. The van der Waals surface area contributed by atoms with E-state index in [1.807, 2.05) is 0 Å². The molecular formula is C10H9BrF3NO3. The molecule has 8 heteroatoms. The first-order valence-electron chi connectivity index (χ1n) is 4.88. The SMILES string of the molecule is CCC(Oc1cc(Br)nc(C(F)(F)F)c1)C(=O)O. The Morgan fingerprint density at radius 2 is 2.17 bits per heavy atom. The second kappa shape index (κ2) is 5.55. The number of aliphatic carboxylic acids is 1. The number of carboxylic acids is 1. The molecule has 0 saturated heterocycles. The van der Waals surface area contributed by atoms with Gasteiger partial charge in [0, 0.05) is 12.1 Å². The van der Waals surface area contributed by atoms with Crippen LogP contribution < -0.4 is 4.74 Å². The van der Waals surface area contributed by atoms with Gasteiger partial charge in [-0.2, -0.15) is 13.2 Å². The first-order valence-corrected chi connectivity index (χ1v) is 5.67. The number of hydrogen-bond donors (Lipinski definition) is 1. The molecule has 1 rings (SSSR count). The molecule has 1 atom stereocenters. The third kappa shape index (κ3) is 3.86. The molecule has 1 aromatic heterocycles. The Bertz CT molecular complexity index is 450. The molecule has 0 spiro atoms. The third-order valence-corrected chi connectivity index (χ3v) is 2.39. The van der Waals surface area contributed by atoms with Crippen molar-refractivity contribution in [3.8, 4) is 5.75 Å². The summed E-state index contributed by atoms with van der Waals surface area (Å²) in [5, 5.41) is 8.76. The van der Waals surface area contributed by atoms with Gasteiger partial charge in [0.25, 0.3) is 0 Å². The lowest BCUT2D eigenvalue weighted by atomic mass is 10.2. The Hall–Kier alpha value is -1.31. The first kappa shape index (κ1) is 14.7. The lowest BCUT2D eigenvalue weighted by Gasteiger charge is -2.14. The second-order valence-electron chi connectivity index (χ2n) is 3.36. The molecule has 0 bridgehead atoms. The highest BCUT2D eigenvalue weighted by atomic mass is 79.9. The molecule has 0 aliphatic heterocycles. The fourth-order valence-electron chi connectivity index (χ4n) is 1.16. The van der Waals surface area contributed by atoms with Crippen molar-refractivity contribution in [1.82, 2.24) is 4.98 Å². The number of pyridine rings is 1. The van der Waals surface area contributed by atoms with Crippen LogP contribution in [0.2, 0.25) is 0 Å². The molecule has 1 N–H and O–H groups in total. The Balaban J connectivity index is 3.03. The van der Waals surface area contributed by atoms with E-state index in [1.54, 1.807) is 6.92 Å². The number of hydrogen-bond acceptors (Lipinski definition) is 3. The largest absolute Gasteiger partial charge is 0.479 e. The van der Waals surface area contributed by atoms with Crippen LogP contribution in [0.3, 0.4) is 0 Å². The molecule has 0 saturated carbocycles. The van der Waals surface area contributed by atoms with Crippen LogP contribution >= 0.6 is 15.9 Å². The van der Waals surface area contributed by atoms with E-state index >= 15 is 0 Å². The monoisotopic (exact) mass is 327 g/mol. The van der Waals surface area contributed by atoms with Gasteiger partial charge >= 0.3 is 12.1 Å². The minimum absolute atomic E-state index is 0.0763. The summed E-state index contributed by atoms with van der Waals surface area (Å²) in [6, 6.07) is 1.84. The molecule has 1 heterocycles. The molecule has 0 aromatic carbocycles. The maximum absolute atomic E-state index is 12.5. The van der Waals surface area contributed by atoms with Gasteiger partial charge in [0.05, 0.1) is 0 Å². The fraction of sp³-hybridized carbons (Fsp3) is 0.400. The van der Waals surface area contributed by atoms with Crippen molar-refractivity contribution in [2.45, 2.75) is 25.6 Å². The summed E-state index contributed by atoms with van der Waals surface area (Å²) in [4.78, 5) is 14.0. The summed E-state index contributed by atoms with van der Waals surface area (Å²) in [6.07, 6.45) is -5.68. The molecule has 0 aliphatic carbocycles. The predicted molar refractivity (Wildman–Crippen MR) is 59.3 cm³/mol. The summed E-state index contributed by atoms with van der Waals surface area (Å²) in [6.45, 7) is 1.56. The van der Waals surface area contributed by atoms with Gasteiger partial charge in [-0.3, -0.25) is 0 Å². The lowest BCUT2D eigenvalue weighted by molar-refractivity contribution is -0.145. The van der Waals surface area contributed by atoms with Gasteiger partial charge in [-0.05, 0) is 22.4 Å². The third-order valence-electron chi connectivity index (χ3n) is 1.98. The Labute approximate surface area is 109 Å². The zero-order valence-electron chi connectivity index (χ0n) is 9.16. The number of carbonyl (C=O) groups is 1. The summed E-state index contributed by atoms with van der Waals surface area (Å²) in [5.41, 5.74) is -1.15. The first-order chi connectivity index (χ1) is 8.24. The smallest absolute Gasteiger partial charge is 0.433 e. The topological polar surface area (TPSA) is 59.4 Å². The highest BCUT2D eigenvalue weighted by molar-refractivity contribution is 9.10. The van der Waals surface area contributed by atoms with Crippen LogP contribution in [0.25, 0.3) is 0 Å². The molecule has 18 heavy (non-hydrogen) atoms. The van der Waals surface area contributed by atoms with Gasteiger partial charge in [0.2, 0.25) is 0 Å². The standard InChI is InChI=1S/C10H9BrF3NO3/c1-2-6(9(16)17)18-5-3-7(10(12,13)14)15-8(11)4-5/h3-4,6H,2H2,1H3,(H,16,17). The molecule has 1 aromatic rings. The van der Waals surface area contributed by atoms with Crippen molar-refractivity contribution >= 4 is 21.9 Å². The van der Waals surface area contributed by atoms with E-state index < -0.39 is 23.9 Å². The lowest BCUT2D eigenvalue weighted by Crippen LogP contribution is -2.26. The zero-order valence-corrected chi connectivity index (χ0v) is 10.7. The van der Waals surface area contributed by atoms with Crippen molar-refractivity contribution < 1.29 is 27.8 Å². The number of nitrogens with zero attached hydrogens (tertiary/aromatic N) is 1. The normalized spacial score (nSPS) is 13.2. The molecule has 4 nitrogen and oxygen atoms in total. The van der Waals surface area contributed by atoms with E-state index in [9.17, 15) is 18.0 Å². The number of rotatable bonds is 4. The van der Waals surface area contributed by atoms with E-state index in [4.69, 9.17) is 9.84 Å². The minimum Gasteiger partial charge on any atom is -0.479 e. The van der Waals surface area contributed by atoms with Gasteiger partial charge in [-0.1, -0.05) is 6.92 Å². The maximum Gasteiger partial charge on any atom is 0.433 e. The Kier molecular flexibility index (Phi) is 4.55. The van der Waals surface area contributed by atoms with Crippen LogP contribution in [0.1, 0.15) is 19.0 Å². The molecule has 100 valence electrons. The summed E-state index contributed by atoms with van der Waals surface area (Å²) in [5.74, 6) is -1.43. The molecule has 0 radical (unpaired) electrons. The van der Waals surface area contributed by atoms with Crippen molar-refractivity contribution in [2.75, 3.05) is 0 Å². The van der Waals surface area contributed by atoms with Crippen molar-refractivity contribution in [3.63, 3.8) is 0 Å². The van der Waals surface area contributed by atoms with Gasteiger partial charge < -0.3 is 9.84 Å². The minimum atomic E-state index is -4.62. The van der Waals surface area contributed by atoms with Crippen LogP contribution in [0.15, 0.2) is 16.7 Å². The molecule has 0 amide bonds. The summed E-state index contributed by atoms with van der Waals surface area (Å²) >= 11 is 2.82. The number of halogens is 4. The van der Waals surface area contributed by atoms with Crippen LogP contribution in [-0.4, -0.2) is 22.2 Å². The van der Waals surface area contributed by atoms with Crippen LogP contribution in [0.4, 0.5) is 13.2 Å². The van der Waals surface area contributed by atoms with Gasteiger partial charge in [-0.25, -0.2) is 9.78 Å². The summed E-state index contributed by atoms with van der Waals surface area (Å²) < 4.78 is 42.3. The van der Waals surface area contributed by atoms with Crippen molar-refractivity contribution in [2.24, 2.45) is 0 Å². The summed E-state index contributed by atoms with van der Waals surface area (Å²) in [7, 11) is 0. The van der Waals surface area contributed by atoms with Gasteiger partial charge in [0.15, 0.2) is 6.10 Å². The maximum atomic E-state index is 12.5. The van der Waals surface area contributed by atoms with Crippen molar-refractivity contribution in [3.05, 3.63) is 22.4 Å². The van der Waals surface area contributed by atoms with Crippen molar-refractivity contribution in [1.29, 1.82) is 0 Å². The second-order valence-corrected chi connectivity index (χ2v) is 4.17. The van der Waals surface area contributed by atoms with E-state index in [0.29, 0.717) is 6.07 Å². The van der Waals surface area contributed by atoms with Crippen LogP contribution in [-0.2, 0) is 11.0 Å². The Morgan fingerprint density at radius 3 is 2.61 bits per heavy atom. The highest BCUT2D eigenvalue weighted by Gasteiger charge is 2.33. The molecular weight excluding hydrogens is 319 g/mol. The number of ether oxygens (including phenoxy) is 1. The van der Waals surface area contributed by atoms with Crippen LogP contribution in [0.5, 0.6) is 5.75 Å². The average molecular weight is 328 g/mol.